The Labute approximate surface area is 187 Å². The Balaban J connectivity index is 0.000000220. The first-order valence-corrected chi connectivity index (χ1v) is 10.6. The number of aromatic amines is 1. The average molecular weight is 420 g/mol. The first-order valence-electron chi connectivity index (χ1n) is 10.6. The number of benzene rings is 3. The summed E-state index contributed by atoms with van der Waals surface area (Å²) >= 11 is 0. The van der Waals surface area contributed by atoms with Crippen LogP contribution < -0.4 is 10.6 Å². The maximum Gasteiger partial charge on any atom is 0.0618 e. The van der Waals surface area contributed by atoms with E-state index in [9.17, 15) is 0 Å². The molecule has 0 fully saturated rings. The van der Waals surface area contributed by atoms with Gasteiger partial charge in [0.05, 0.1) is 6.61 Å². The van der Waals surface area contributed by atoms with Crippen molar-refractivity contribution in [2.45, 2.75) is 26.3 Å². The highest BCUT2D eigenvalue weighted by Gasteiger charge is 2.07. The van der Waals surface area contributed by atoms with E-state index in [-0.39, 0.29) is 7.43 Å². The van der Waals surface area contributed by atoms with Gasteiger partial charge in [-0.1, -0.05) is 68.1 Å². The van der Waals surface area contributed by atoms with Gasteiger partial charge in [0, 0.05) is 30.3 Å². The van der Waals surface area contributed by atoms with Gasteiger partial charge in [-0.2, -0.15) is 0 Å². The van der Waals surface area contributed by atoms with Crippen molar-refractivity contribution in [3.8, 4) is 0 Å². The minimum Gasteiger partial charge on any atom is -0.383 e. The fourth-order valence-corrected chi connectivity index (χ4v) is 3.69. The van der Waals surface area contributed by atoms with Crippen LogP contribution in [0.25, 0.3) is 21.7 Å². The van der Waals surface area contributed by atoms with Crippen LogP contribution in [-0.2, 0) is 17.6 Å². The molecule has 1 unspecified atom stereocenters. The zero-order valence-corrected chi connectivity index (χ0v) is 18.2. The Hall–Kier alpha value is -2.66. The molecule has 1 heterocycles. The van der Waals surface area contributed by atoms with Crippen molar-refractivity contribution >= 4 is 21.7 Å². The number of fused-ring (bicyclic) bond motifs is 2. The second kappa shape index (κ2) is 12.9. The molecular formula is C27H37N3O. The zero-order chi connectivity index (χ0) is 21.2. The summed E-state index contributed by atoms with van der Waals surface area (Å²) in [6.45, 7) is 1.77. The van der Waals surface area contributed by atoms with E-state index in [1.54, 1.807) is 7.11 Å². The number of hydrogen-bond acceptors (Lipinski definition) is 3. The van der Waals surface area contributed by atoms with E-state index in [0.717, 1.165) is 26.0 Å². The molecule has 3 N–H and O–H groups in total. The fraction of sp³-hybridized carbons (Fsp3) is 0.333. The number of H-pyrrole nitrogens is 1. The van der Waals surface area contributed by atoms with Crippen LogP contribution in [0.1, 0.15) is 18.6 Å². The molecule has 0 saturated heterocycles. The predicted molar refractivity (Wildman–Crippen MR) is 135 cm³/mol. The molecule has 3 aromatic carbocycles. The van der Waals surface area contributed by atoms with Gasteiger partial charge in [0.25, 0.3) is 0 Å². The van der Waals surface area contributed by atoms with Gasteiger partial charge in [-0.05, 0) is 61.4 Å². The first-order chi connectivity index (χ1) is 14.7. The van der Waals surface area contributed by atoms with Crippen LogP contribution in [0.4, 0.5) is 0 Å². The van der Waals surface area contributed by atoms with Crippen LogP contribution in [0.3, 0.4) is 0 Å². The maximum atomic E-state index is 5.19. The van der Waals surface area contributed by atoms with Crippen LogP contribution in [0.15, 0.2) is 72.9 Å². The molecule has 1 atom stereocenters. The summed E-state index contributed by atoms with van der Waals surface area (Å²) in [5.74, 6) is 0. The van der Waals surface area contributed by atoms with Crippen LogP contribution in [-0.4, -0.2) is 45.4 Å². The van der Waals surface area contributed by atoms with Gasteiger partial charge in [0.15, 0.2) is 0 Å². The largest absolute Gasteiger partial charge is 0.383 e. The van der Waals surface area contributed by atoms with Gasteiger partial charge in [-0.3, -0.25) is 0 Å². The Morgan fingerprint density at radius 1 is 0.935 bits per heavy atom. The normalized spacial score (nSPS) is 11.6. The lowest BCUT2D eigenvalue weighted by Gasteiger charge is -2.15. The molecule has 0 saturated carbocycles. The lowest BCUT2D eigenvalue weighted by atomic mass is 10.0. The molecule has 0 aliphatic rings. The van der Waals surface area contributed by atoms with E-state index in [4.69, 9.17) is 4.74 Å². The van der Waals surface area contributed by atoms with E-state index in [2.05, 4.69) is 88.5 Å². The van der Waals surface area contributed by atoms with E-state index in [1.807, 2.05) is 14.1 Å². The number of nitrogens with one attached hydrogen (secondary N) is 3. The Kier molecular flexibility index (Phi) is 10.2. The van der Waals surface area contributed by atoms with Crippen molar-refractivity contribution in [2.75, 3.05) is 34.4 Å². The molecule has 0 bridgehead atoms. The molecule has 31 heavy (non-hydrogen) atoms. The fourth-order valence-electron chi connectivity index (χ4n) is 3.69. The standard InChI is InChI=1S/C15H19NO.C11H14N2.CH4/c1-16-15(11-17-2)10-12-7-8-13-5-3-4-6-14(13)9-12;1-12-7-6-9-8-13-11-5-3-2-4-10(9)11;/h3-9,15-16H,10-11H2,1-2H3;2-5,8,12-13H,6-7H2,1H3;1H4. The third-order valence-corrected chi connectivity index (χ3v) is 5.39. The molecule has 0 radical (unpaired) electrons. The molecule has 0 amide bonds. The first kappa shape index (κ1) is 24.6. The Morgan fingerprint density at radius 3 is 2.42 bits per heavy atom. The van der Waals surface area contributed by atoms with Crippen LogP contribution >= 0.6 is 0 Å². The van der Waals surface area contributed by atoms with Gasteiger partial charge in [-0.15, -0.1) is 0 Å². The monoisotopic (exact) mass is 419 g/mol. The average Bonchev–Trinajstić information content (AvgIpc) is 3.21. The summed E-state index contributed by atoms with van der Waals surface area (Å²) in [5, 5.41) is 10.4. The molecular weight excluding hydrogens is 382 g/mol. The molecule has 4 aromatic rings. The van der Waals surface area contributed by atoms with Gasteiger partial charge in [0.2, 0.25) is 0 Å². The SMILES string of the molecule is C.CNC(COC)Cc1ccc2ccccc2c1.CNCCc1c[nH]c2ccccc12. The van der Waals surface area contributed by atoms with Crippen molar-refractivity contribution in [2.24, 2.45) is 0 Å². The summed E-state index contributed by atoms with van der Waals surface area (Å²) in [7, 11) is 5.70. The second-order valence-electron chi connectivity index (χ2n) is 7.54. The highest BCUT2D eigenvalue weighted by atomic mass is 16.5. The van der Waals surface area contributed by atoms with Crippen LogP contribution in [0.2, 0.25) is 0 Å². The third-order valence-electron chi connectivity index (χ3n) is 5.39. The van der Waals surface area contributed by atoms with Crippen molar-refractivity contribution < 1.29 is 4.74 Å². The van der Waals surface area contributed by atoms with Gasteiger partial charge in [0.1, 0.15) is 0 Å². The minimum absolute atomic E-state index is 0. The molecule has 4 nitrogen and oxygen atoms in total. The number of likely N-dealkylation sites (N-methyl/N-ethyl adjacent to an activating group) is 2. The predicted octanol–water partition coefficient (Wildman–Crippen LogP) is 5.18. The Morgan fingerprint density at radius 2 is 1.68 bits per heavy atom. The number of para-hydroxylation sites is 1. The molecule has 166 valence electrons. The lowest BCUT2D eigenvalue weighted by Crippen LogP contribution is -2.32. The number of ether oxygens (including phenoxy) is 1. The van der Waals surface area contributed by atoms with Gasteiger partial charge >= 0.3 is 0 Å². The molecule has 1 aromatic heterocycles. The topological polar surface area (TPSA) is 49.1 Å². The van der Waals surface area contributed by atoms with Crippen molar-refractivity contribution in [3.63, 3.8) is 0 Å². The summed E-state index contributed by atoms with van der Waals surface area (Å²) < 4.78 is 5.19. The van der Waals surface area contributed by atoms with Crippen LogP contribution in [0, 0.1) is 0 Å². The van der Waals surface area contributed by atoms with Gasteiger partial charge < -0.3 is 20.4 Å². The molecule has 0 aliphatic heterocycles. The molecule has 0 spiro atoms. The zero-order valence-electron chi connectivity index (χ0n) is 18.2. The summed E-state index contributed by atoms with van der Waals surface area (Å²) in [6, 6.07) is 23.9. The van der Waals surface area contributed by atoms with E-state index in [1.165, 1.54) is 32.8 Å². The quantitative estimate of drug-likeness (QED) is 0.369. The van der Waals surface area contributed by atoms with Crippen molar-refractivity contribution in [1.29, 1.82) is 0 Å². The van der Waals surface area contributed by atoms with Crippen LogP contribution in [0.5, 0.6) is 0 Å². The number of rotatable bonds is 8. The summed E-state index contributed by atoms with van der Waals surface area (Å²) in [5.41, 5.74) is 3.97. The number of hydrogen-bond donors (Lipinski definition) is 3. The lowest BCUT2D eigenvalue weighted by molar-refractivity contribution is 0.169. The van der Waals surface area contributed by atoms with Crippen molar-refractivity contribution in [1.82, 2.24) is 15.6 Å². The van der Waals surface area contributed by atoms with Crippen molar-refractivity contribution in [3.05, 3.63) is 84.1 Å². The molecule has 4 heteroatoms. The number of methoxy groups -OCH3 is 1. The maximum absolute atomic E-state index is 5.19. The van der Waals surface area contributed by atoms with E-state index >= 15 is 0 Å². The molecule has 4 rings (SSSR count). The second-order valence-corrected chi connectivity index (χ2v) is 7.54. The van der Waals surface area contributed by atoms with Gasteiger partial charge in [-0.25, -0.2) is 0 Å². The minimum atomic E-state index is 0. The highest BCUT2D eigenvalue weighted by Crippen LogP contribution is 2.18. The van der Waals surface area contributed by atoms with E-state index < -0.39 is 0 Å². The molecule has 0 aliphatic carbocycles. The van der Waals surface area contributed by atoms with E-state index in [0.29, 0.717) is 6.04 Å². The summed E-state index contributed by atoms with van der Waals surface area (Å²) in [6.07, 6.45) is 4.18. The number of aromatic nitrogens is 1. The third kappa shape index (κ3) is 6.93. The highest BCUT2D eigenvalue weighted by molar-refractivity contribution is 5.83. The summed E-state index contributed by atoms with van der Waals surface area (Å²) in [4.78, 5) is 3.27. The smallest absolute Gasteiger partial charge is 0.0618 e. The Bertz CT molecular complexity index is 1040.